The zero-order valence-corrected chi connectivity index (χ0v) is 24.5. The maximum atomic E-state index is 16.0. The lowest BCUT2D eigenvalue weighted by Gasteiger charge is -2.47. The first-order valence-electron chi connectivity index (χ1n) is 14.5. The molecule has 5 rings (SSSR count). The molecular formula is C30H43FN4O5. The summed E-state index contributed by atoms with van der Waals surface area (Å²) in [6.07, 6.45) is 1.95. The maximum Gasteiger partial charge on any atom is 0.410 e. The Morgan fingerprint density at radius 2 is 1.75 bits per heavy atom. The third kappa shape index (κ3) is 6.06. The second-order valence-corrected chi connectivity index (χ2v) is 13.0. The van der Waals surface area contributed by atoms with Gasteiger partial charge in [-0.2, -0.15) is 0 Å². The maximum absolute atomic E-state index is 16.0. The molecule has 4 heterocycles. The van der Waals surface area contributed by atoms with Crippen molar-refractivity contribution in [3.05, 3.63) is 29.3 Å². The van der Waals surface area contributed by atoms with Crippen molar-refractivity contribution in [2.45, 2.75) is 76.7 Å². The number of rotatable bonds is 4. The van der Waals surface area contributed by atoms with E-state index in [-0.39, 0.29) is 24.8 Å². The Labute approximate surface area is 236 Å². The Hall–Kier alpha value is -2.88. The predicted molar refractivity (Wildman–Crippen MR) is 149 cm³/mol. The number of halogens is 1. The highest BCUT2D eigenvalue weighted by Crippen LogP contribution is 2.41. The molecule has 3 saturated heterocycles. The van der Waals surface area contributed by atoms with Gasteiger partial charge < -0.3 is 29.0 Å². The van der Waals surface area contributed by atoms with E-state index in [1.54, 1.807) is 16.9 Å². The molecule has 220 valence electrons. The Morgan fingerprint density at radius 1 is 1.07 bits per heavy atom. The zero-order chi connectivity index (χ0) is 28.7. The van der Waals surface area contributed by atoms with E-state index in [0.717, 1.165) is 29.1 Å². The van der Waals surface area contributed by atoms with E-state index in [9.17, 15) is 9.59 Å². The fourth-order valence-corrected chi connectivity index (χ4v) is 6.33. The van der Waals surface area contributed by atoms with Crippen LogP contribution < -0.4 is 4.74 Å². The molecule has 0 bridgehead atoms. The van der Waals surface area contributed by atoms with E-state index in [2.05, 4.69) is 16.1 Å². The summed E-state index contributed by atoms with van der Waals surface area (Å²) < 4.78 is 27.9. The van der Waals surface area contributed by atoms with Crippen LogP contribution in [0.15, 0.2) is 23.4 Å². The molecule has 0 N–H and O–H groups in total. The molecule has 1 aromatic rings. The quantitative estimate of drug-likeness (QED) is 0.516. The van der Waals surface area contributed by atoms with Gasteiger partial charge in [0.05, 0.1) is 5.71 Å². The highest BCUT2D eigenvalue weighted by atomic mass is 19.1. The topological polar surface area (TPSA) is 83.9 Å². The van der Waals surface area contributed by atoms with Crippen molar-refractivity contribution in [1.82, 2.24) is 14.7 Å². The molecule has 40 heavy (non-hydrogen) atoms. The normalized spacial score (nSPS) is 23.8. The number of aryl methyl sites for hydroxylation is 1. The minimum absolute atomic E-state index is 0.198. The van der Waals surface area contributed by atoms with Gasteiger partial charge in [0.25, 0.3) is 5.91 Å². The van der Waals surface area contributed by atoms with Crippen molar-refractivity contribution < 1.29 is 28.3 Å². The number of piperidine rings is 2. The van der Waals surface area contributed by atoms with E-state index >= 15 is 4.39 Å². The lowest BCUT2D eigenvalue weighted by atomic mass is 9.81. The Kier molecular flexibility index (Phi) is 7.76. The molecule has 4 aliphatic rings. The van der Waals surface area contributed by atoms with Crippen LogP contribution in [-0.2, 0) is 14.4 Å². The molecule has 3 fully saturated rings. The molecule has 1 aromatic carbocycles. The van der Waals surface area contributed by atoms with Gasteiger partial charge >= 0.3 is 6.09 Å². The number of likely N-dealkylation sites (tertiary alicyclic amines) is 3. The van der Waals surface area contributed by atoms with Crippen molar-refractivity contribution >= 4 is 17.7 Å². The summed E-state index contributed by atoms with van der Waals surface area (Å²) in [5, 5.41) is 4.28. The van der Waals surface area contributed by atoms with Crippen molar-refractivity contribution in [3.63, 3.8) is 0 Å². The SMILES string of the molecule is CO/N=C1\CC2(CCN(C(=O)C3(F)CCN(CC4CN(C(=O)OC(C)(C)C)C4)CC3)CC2)Oc2ccc(C)cc21. The van der Waals surface area contributed by atoms with Crippen molar-refractivity contribution in [3.8, 4) is 5.75 Å². The number of fused-ring (bicyclic) bond motifs is 1. The fourth-order valence-electron chi connectivity index (χ4n) is 6.33. The monoisotopic (exact) mass is 558 g/mol. The van der Waals surface area contributed by atoms with Crippen LogP contribution in [0.1, 0.15) is 64.0 Å². The highest BCUT2D eigenvalue weighted by molar-refractivity contribution is 6.04. The molecular weight excluding hydrogens is 515 g/mol. The lowest BCUT2D eigenvalue weighted by Crippen LogP contribution is -2.59. The zero-order valence-electron chi connectivity index (χ0n) is 24.5. The Balaban J connectivity index is 1.10. The lowest BCUT2D eigenvalue weighted by molar-refractivity contribution is -0.151. The molecule has 0 radical (unpaired) electrons. The van der Waals surface area contributed by atoms with Crippen molar-refractivity contribution in [2.75, 3.05) is 52.9 Å². The fraction of sp³-hybridized carbons (Fsp3) is 0.700. The molecule has 0 unspecified atom stereocenters. The number of hydrogen-bond acceptors (Lipinski definition) is 7. The summed E-state index contributed by atoms with van der Waals surface area (Å²) in [7, 11) is 1.54. The van der Waals surface area contributed by atoms with Crippen molar-refractivity contribution in [1.29, 1.82) is 0 Å². The predicted octanol–water partition coefficient (Wildman–Crippen LogP) is 4.16. The van der Waals surface area contributed by atoms with Crippen molar-refractivity contribution in [2.24, 2.45) is 11.1 Å². The largest absolute Gasteiger partial charge is 0.486 e. The first-order chi connectivity index (χ1) is 18.9. The summed E-state index contributed by atoms with van der Waals surface area (Å²) in [5.74, 6) is 0.742. The second-order valence-electron chi connectivity index (χ2n) is 13.0. The van der Waals surface area contributed by atoms with Gasteiger partial charge in [-0.15, -0.1) is 0 Å². The molecule has 9 nitrogen and oxygen atoms in total. The van der Waals surface area contributed by atoms with Gasteiger partial charge in [0.2, 0.25) is 0 Å². The van der Waals surface area contributed by atoms with Crippen LogP contribution in [0.2, 0.25) is 0 Å². The summed E-state index contributed by atoms with van der Waals surface area (Å²) in [6.45, 7) is 11.7. The van der Waals surface area contributed by atoms with Gasteiger partial charge in [-0.3, -0.25) is 4.79 Å². The summed E-state index contributed by atoms with van der Waals surface area (Å²) >= 11 is 0. The summed E-state index contributed by atoms with van der Waals surface area (Å²) in [6, 6.07) is 6.04. The van der Waals surface area contributed by atoms with Gasteiger partial charge in [0.1, 0.15) is 24.1 Å². The molecule has 10 heteroatoms. The highest BCUT2D eigenvalue weighted by Gasteiger charge is 2.49. The van der Waals surface area contributed by atoms with Gasteiger partial charge in [0, 0.05) is 89.4 Å². The van der Waals surface area contributed by atoms with Crippen LogP contribution >= 0.6 is 0 Å². The van der Waals surface area contributed by atoms with Crippen LogP contribution in [-0.4, -0.2) is 102 Å². The number of ether oxygens (including phenoxy) is 2. The number of carbonyl (C=O) groups excluding carboxylic acids is 2. The molecule has 2 amide bonds. The number of carbonyl (C=O) groups is 2. The Morgan fingerprint density at radius 3 is 2.38 bits per heavy atom. The van der Waals surface area contributed by atoms with E-state index < -0.39 is 16.9 Å². The van der Waals surface area contributed by atoms with Crippen LogP contribution in [0.5, 0.6) is 5.75 Å². The van der Waals surface area contributed by atoms with E-state index in [4.69, 9.17) is 14.3 Å². The molecule has 0 aliphatic carbocycles. The average molecular weight is 559 g/mol. The third-order valence-electron chi connectivity index (χ3n) is 8.58. The summed E-state index contributed by atoms with van der Waals surface area (Å²) in [5.41, 5.74) is 0.109. The second kappa shape index (κ2) is 10.8. The molecule has 0 aromatic heterocycles. The van der Waals surface area contributed by atoms with E-state index in [1.807, 2.05) is 39.8 Å². The first-order valence-corrected chi connectivity index (χ1v) is 14.5. The van der Waals surface area contributed by atoms with Gasteiger partial charge in [0.15, 0.2) is 5.67 Å². The molecule has 1 spiro atoms. The minimum atomic E-state index is -1.83. The average Bonchev–Trinajstić information content (AvgIpc) is 2.87. The third-order valence-corrected chi connectivity index (χ3v) is 8.58. The van der Waals surface area contributed by atoms with Gasteiger partial charge in [-0.1, -0.05) is 16.8 Å². The van der Waals surface area contributed by atoms with E-state index in [0.29, 0.717) is 64.4 Å². The van der Waals surface area contributed by atoms with Crippen LogP contribution in [0.3, 0.4) is 0 Å². The number of amides is 2. The van der Waals surface area contributed by atoms with E-state index in [1.165, 1.54) is 0 Å². The Bertz CT molecular complexity index is 1140. The standard InChI is InChI=1S/C30H43FN4O5/c1-21-6-7-25-23(16-21)24(32-38-5)17-29(39-25)8-14-34(15-9-29)26(36)30(31)10-12-33(13-11-30)18-22-19-35(20-22)27(37)40-28(2,3)4/h6-7,16,22H,8-15,17-20H2,1-5H3/b32-24+. The number of nitrogens with zero attached hydrogens (tertiary/aromatic N) is 4. The molecule has 0 atom stereocenters. The number of oxime groups is 1. The van der Waals surface area contributed by atoms with Crippen LogP contribution in [0, 0.1) is 12.8 Å². The van der Waals surface area contributed by atoms with Crippen LogP contribution in [0.4, 0.5) is 9.18 Å². The summed E-state index contributed by atoms with van der Waals surface area (Å²) in [4.78, 5) is 36.3. The minimum Gasteiger partial charge on any atom is -0.486 e. The van der Waals surface area contributed by atoms with Gasteiger partial charge in [-0.25, -0.2) is 9.18 Å². The van der Waals surface area contributed by atoms with Crippen LogP contribution in [0.25, 0.3) is 0 Å². The molecule has 0 saturated carbocycles. The number of benzene rings is 1. The molecule has 4 aliphatic heterocycles. The van der Waals surface area contributed by atoms with Gasteiger partial charge in [-0.05, 0) is 39.8 Å². The number of hydrogen-bond donors (Lipinski definition) is 0. The number of alkyl halides is 1. The smallest absolute Gasteiger partial charge is 0.410 e. The first kappa shape index (κ1) is 28.6.